The van der Waals surface area contributed by atoms with Gasteiger partial charge in [-0.1, -0.05) is 29.8 Å². The highest BCUT2D eigenvalue weighted by Crippen LogP contribution is 2.31. The average Bonchev–Trinajstić information content (AvgIpc) is 3.25. The summed E-state index contributed by atoms with van der Waals surface area (Å²) in [5.74, 6) is -1.90. The highest BCUT2D eigenvalue weighted by Gasteiger charge is 2.34. The largest absolute Gasteiger partial charge is 0.480 e. The van der Waals surface area contributed by atoms with Crippen molar-refractivity contribution in [3.05, 3.63) is 58.6 Å². The first kappa shape index (κ1) is 21.2. The van der Waals surface area contributed by atoms with E-state index in [1.807, 2.05) is 6.07 Å². The second-order valence-corrected chi connectivity index (χ2v) is 8.32. The molecule has 0 bridgehead atoms. The maximum atomic E-state index is 13.5. The van der Waals surface area contributed by atoms with E-state index in [1.165, 1.54) is 16.7 Å². The van der Waals surface area contributed by atoms with E-state index in [4.69, 9.17) is 11.6 Å². The molecule has 8 heteroatoms. The SMILES string of the molecule is CC(C(=O)O)N1Cc2ccccc2N(C(=O)c2ccc(N3CCCC3)cc2Cl)CC1=O. The number of carboxylic acids is 1. The molecule has 2 amide bonds. The number of halogens is 1. The van der Waals surface area contributed by atoms with Crippen molar-refractivity contribution in [3.8, 4) is 0 Å². The summed E-state index contributed by atoms with van der Waals surface area (Å²) in [5.41, 5.74) is 2.58. The summed E-state index contributed by atoms with van der Waals surface area (Å²) in [6.45, 7) is 3.27. The number of fused-ring (bicyclic) bond motifs is 1. The number of hydrogen-bond donors (Lipinski definition) is 1. The van der Waals surface area contributed by atoms with Crippen LogP contribution in [0.2, 0.25) is 5.02 Å². The number of nitrogens with zero attached hydrogens (tertiary/aromatic N) is 3. The van der Waals surface area contributed by atoms with Crippen molar-refractivity contribution in [2.24, 2.45) is 0 Å². The van der Waals surface area contributed by atoms with E-state index in [9.17, 15) is 19.5 Å². The van der Waals surface area contributed by atoms with Crippen molar-refractivity contribution in [2.45, 2.75) is 32.4 Å². The Bertz CT molecular complexity index is 1040. The fourth-order valence-electron chi connectivity index (χ4n) is 4.15. The Morgan fingerprint density at radius 2 is 1.77 bits per heavy atom. The van der Waals surface area contributed by atoms with Gasteiger partial charge >= 0.3 is 5.97 Å². The third-order valence-electron chi connectivity index (χ3n) is 5.96. The number of benzene rings is 2. The van der Waals surface area contributed by atoms with Gasteiger partial charge in [0.05, 0.1) is 10.6 Å². The van der Waals surface area contributed by atoms with Gasteiger partial charge in [0.2, 0.25) is 5.91 Å². The lowest BCUT2D eigenvalue weighted by Crippen LogP contribution is -2.46. The predicted molar refractivity (Wildman–Crippen MR) is 119 cm³/mol. The van der Waals surface area contributed by atoms with Crippen LogP contribution in [0.15, 0.2) is 42.5 Å². The summed E-state index contributed by atoms with van der Waals surface area (Å²) in [7, 11) is 0. The molecule has 2 heterocycles. The van der Waals surface area contributed by atoms with Crippen molar-refractivity contribution in [3.63, 3.8) is 0 Å². The zero-order valence-electron chi connectivity index (χ0n) is 17.3. The van der Waals surface area contributed by atoms with Crippen LogP contribution in [0.1, 0.15) is 35.7 Å². The maximum Gasteiger partial charge on any atom is 0.326 e. The topological polar surface area (TPSA) is 81.2 Å². The van der Waals surface area contributed by atoms with Crippen LogP contribution in [0.4, 0.5) is 11.4 Å². The Balaban J connectivity index is 1.68. The predicted octanol–water partition coefficient (Wildman–Crippen LogP) is 3.40. The molecule has 1 unspecified atom stereocenters. The molecule has 162 valence electrons. The Kier molecular flexibility index (Phi) is 5.87. The molecule has 0 saturated carbocycles. The Labute approximate surface area is 185 Å². The molecule has 2 aromatic carbocycles. The minimum atomic E-state index is -1.09. The van der Waals surface area contributed by atoms with Crippen LogP contribution in [0.5, 0.6) is 0 Å². The number of carbonyl (C=O) groups excluding carboxylic acids is 2. The molecule has 0 spiro atoms. The second kappa shape index (κ2) is 8.59. The number of rotatable bonds is 4. The molecular formula is C23H24ClN3O4. The molecule has 1 atom stereocenters. The highest BCUT2D eigenvalue weighted by atomic mass is 35.5. The lowest BCUT2D eigenvalue weighted by Gasteiger charge is -2.25. The van der Waals surface area contributed by atoms with Gasteiger partial charge in [0, 0.05) is 31.0 Å². The second-order valence-electron chi connectivity index (χ2n) is 7.91. The summed E-state index contributed by atoms with van der Waals surface area (Å²) in [4.78, 5) is 42.8. The molecule has 7 nitrogen and oxygen atoms in total. The van der Waals surface area contributed by atoms with E-state index >= 15 is 0 Å². The van der Waals surface area contributed by atoms with Gasteiger partial charge in [-0.05, 0) is 49.6 Å². The van der Waals surface area contributed by atoms with Gasteiger partial charge in [0.1, 0.15) is 12.6 Å². The van der Waals surface area contributed by atoms with Crippen LogP contribution in [-0.2, 0) is 16.1 Å². The summed E-state index contributed by atoms with van der Waals surface area (Å²) in [5, 5.41) is 9.73. The van der Waals surface area contributed by atoms with E-state index in [-0.39, 0.29) is 19.0 Å². The Morgan fingerprint density at radius 1 is 1.06 bits per heavy atom. The molecule has 1 fully saturated rings. The molecule has 31 heavy (non-hydrogen) atoms. The molecule has 0 aliphatic carbocycles. The molecular weight excluding hydrogens is 418 g/mol. The van der Waals surface area contributed by atoms with E-state index in [0.717, 1.165) is 31.6 Å². The molecule has 2 aromatic rings. The van der Waals surface area contributed by atoms with Crippen molar-refractivity contribution in [2.75, 3.05) is 29.4 Å². The lowest BCUT2D eigenvalue weighted by atomic mass is 10.1. The highest BCUT2D eigenvalue weighted by molar-refractivity contribution is 6.35. The lowest BCUT2D eigenvalue weighted by molar-refractivity contribution is -0.149. The quantitative estimate of drug-likeness (QED) is 0.786. The number of hydrogen-bond acceptors (Lipinski definition) is 4. The van der Waals surface area contributed by atoms with Crippen LogP contribution in [0.3, 0.4) is 0 Å². The number of aliphatic carboxylic acids is 1. The van der Waals surface area contributed by atoms with Crippen LogP contribution < -0.4 is 9.80 Å². The first-order chi connectivity index (χ1) is 14.9. The minimum absolute atomic E-state index is 0.119. The van der Waals surface area contributed by atoms with E-state index in [1.54, 1.807) is 36.4 Å². The van der Waals surface area contributed by atoms with Crippen LogP contribution in [0.25, 0.3) is 0 Å². The average molecular weight is 442 g/mol. The van der Waals surface area contributed by atoms with Crippen LogP contribution >= 0.6 is 11.6 Å². The smallest absolute Gasteiger partial charge is 0.326 e. The normalized spacial score (nSPS) is 17.4. The molecule has 2 aliphatic rings. The number of carbonyl (C=O) groups is 3. The first-order valence-electron chi connectivity index (χ1n) is 10.3. The van der Waals surface area contributed by atoms with Crippen molar-refractivity contribution >= 4 is 40.8 Å². The minimum Gasteiger partial charge on any atom is -0.480 e. The van der Waals surface area contributed by atoms with Crippen molar-refractivity contribution in [1.82, 2.24) is 4.90 Å². The molecule has 0 radical (unpaired) electrons. The van der Waals surface area contributed by atoms with Gasteiger partial charge < -0.3 is 14.9 Å². The van der Waals surface area contributed by atoms with Gasteiger partial charge in [-0.15, -0.1) is 0 Å². The molecule has 0 aromatic heterocycles. The Morgan fingerprint density at radius 3 is 2.45 bits per heavy atom. The zero-order valence-corrected chi connectivity index (χ0v) is 18.0. The van der Waals surface area contributed by atoms with Crippen molar-refractivity contribution in [1.29, 1.82) is 0 Å². The summed E-state index contributed by atoms with van der Waals surface area (Å²) < 4.78 is 0. The van der Waals surface area contributed by atoms with Gasteiger partial charge in [-0.2, -0.15) is 0 Å². The van der Waals surface area contributed by atoms with E-state index in [0.29, 0.717) is 21.8 Å². The van der Waals surface area contributed by atoms with Crippen molar-refractivity contribution < 1.29 is 19.5 Å². The number of carboxylic acid groups (broad SMARTS) is 1. The monoisotopic (exact) mass is 441 g/mol. The van der Waals surface area contributed by atoms with E-state index < -0.39 is 17.9 Å². The third kappa shape index (κ3) is 4.10. The van der Waals surface area contributed by atoms with Crippen LogP contribution in [-0.4, -0.2) is 53.5 Å². The zero-order chi connectivity index (χ0) is 22.1. The molecule has 2 aliphatic heterocycles. The molecule has 1 saturated heterocycles. The maximum absolute atomic E-state index is 13.5. The number of para-hydroxylation sites is 1. The Hall–Kier alpha value is -3.06. The van der Waals surface area contributed by atoms with Gasteiger partial charge in [0.15, 0.2) is 0 Å². The summed E-state index contributed by atoms with van der Waals surface area (Å²) in [6.07, 6.45) is 2.27. The van der Waals surface area contributed by atoms with E-state index in [2.05, 4.69) is 4.90 Å². The fourth-order valence-corrected chi connectivity index (χ4v) is 4.41. The van der Waals surface area contributed by atoms with Gasteiger partial charge in [-0.3, -0.25) is 14.5 Å². The van der Waals surface area contributed by atoms with Gasteiger partial charge in [-0.25, -0.2) is 4.79 Å². The fraction of sp³-hybridized carbons (Fsp3) is 0.348. The number of amides is 2. The summed E-state index contributed by atoms with van der Waals surface area (Å²) >= 11 is 6.50. The van der Waals surface area contributed by atoms with Gasteiger partial charge in [0.25, 0.3) is 5.91 Å². The van der Waals surface area contributed by atoms with Crippen LogP contribution in [0, 0.1) is 0 Å². The molecule has 4 rings (SSSR count). The number of anilines is 2. The standard InChI is InChI=1S/C23H24ClN3O4/c1-15(23(30)31)26-13-16-6-2-3-7-20(16)27(14-21(26)28)22(29)18-9-8-17(12-19(18)24)25-10-4-5-11-25/h2-3,6-9,12,15H,4-5,10-11,13-14H2,1H3,(H,30,31). The molecule has 1 N–H and O–H groups in total. The summed E-state index contributed by atoms with van der Waals surface area (Å²) in [6, 6.07) is 11.5. The third-order valence-corrected chi connectivity index (χ3v) is 6.27. The first-order valence-corrected chi connectivity index (χ1v) is 10.7.